The van der Waals surface area contributed by atoms with Gasteiger partial charge in [-0.25, -0.2) is 0 Å². The van der Waals surface area contributed by atoms with Crippen LogP contribution in [0, 0.1) is 12.0 Å². The maximum atomic E-state index is 8.34. The molecule has 0 atom stereocenters. The predicted molar refractivity (Wildman–Crippen MR) is 39.5 cm³/mol. The molecule has 1 radical (unpaired) electrons. The fraction of sp³-hybridized carbons (Fsp3) is 0.875. The minimum Gasteiger partial charge on any atom is -0.390 e. The van der Waals surface area contributed by atoms with Gasteiger partial charge >= 0.3 is 0 Å². The van der Waals surface area contributed by atoms with Crippen molar-refractivity contribution in [3.8, 4) is 0 Å². The van der Waals surface area contributed by atoms with Gasteiger partial charge in [-0.15, -0.1) is 0 Å². The van der Waals surface area contributed by atoms with Crippen LogP contribution >= 0.6 is 0 Å². The molecule has 1 nitrogen and oxygen atoms in total. The van der Waals surface area contributed by atoms with Crippen LogP contribution in [0.1, 0.15) is 40.0 Å². The van der Waals surface area contributed by atoms with E-state index < -0.39 is 0 Å². The summed E-state index contributed by atoms with van der Waals surface area (Å²) in [5, 5.41) is 8.34. The van der Waals surface area contributed by atoms with E-state index >= 15 is 0 Å². The first kappa shape index (κ1) is 8.96. The van der Waals surface area contributed by atoms with Gasteiger partial charge in [0.15, 0.2) is 0 Å². The van der Waals surface area contributed by atoms with E-state index in [1.807, 2.05) is 0 Å². The molecule has 1 N–H and O–H groups in total. The molecule has 0 saturated carbocycles. The zero-order valence-electron chi connectivity index (χ0n) is 6.65. The maximum absolute atomic E-state index is 8.34. The molecule has 55 valence electrons. The molecule has 0 aromatic carbocycles. The van der Waals surface area contributed by atoms with Crippen LogP contribution in [0.5, 0.6) is 0 Å². The number of unbranched alkanes of at least 4 members (excludes halogenated alkanes) is 1. The van der Waals surface area contributed by atoms with Crippen LogP contribution in [-0.4, -0.2) is 5.11 Å². The number of hydrogen-bond donors (Lipinski definition) is 1. The molecule has 0 aliphatic rings. The van der Waals surface area contributed by atoms with Gasteiger partial charge in [0.2, 0.25) is 0 Å². The van der Waals surface area contributed by atoms with Crippen molar-refractivity contribution in [1.29, 1.82) is 0 Å². The van der Waals surface area contributed by atoms with Crippen molar-refractivity contribution in [1.82, 2.24) is 0 Å². The van der Waals surface area contributed by atoms with Crippen molar-refractivity contribution in [3.63, 3.8) is 0 Å². The second kappa shape index (κ2) is 3.89. The van der Waals surface area contributed by atoms with Crippen molar-refractivity contribution in [2.75, 3.05) is 0 Å². The highest BCUT2D eigenvalue weighted by atomic mass is 16.2. The average molecular weight is 129 g/mol. The third-order valence-electron chi connectivity index (χ3n) is 1.26. The molecule has 0 aliphatic heterocycles. The van der Waals surface area contributed by atoms with Gasteiger partial charge < -0.3 is 5.11 Å². The Kier molecular flexibility index (Phi) is 3.87. The van der Waals surface area contributed by atoms with Crippen LogP contribution < -0.4 is 0 Å². The molecule has 0 rings (SSSR count). The summed E-state index contributed by atoms with van der Waals surface area (Å²) < 4.78 is 0. The molecule has 0 aliphatic carbocycles. The van der Waals surface area contributed by atoms with Gasteiger partial charge in [-0.05, 0) is 18.3 Å². The molecule has 0 unspecified atom stereocenters. The lowest BCUT2D eigenvalue weighted by Crippen LogP contribution is -2.03. The number of aliphatic hydroxyl groups excluding tert-OH is 1. The molecule has 0 heterocycles. The molecule has 9 heavy (non-hydrogen) atoms. The Balaban J connectivity index is 3.07. The lowest BCUT2D eigenvalue weighted by Gasteiger charge is -2.16. The molecular weight excluding hydrogens is 112 g/mol. The third kappa shape index (κ3) is 7.96. The Bertz CT molecular complexity index is 61.5. The molecule has 0 fully saturated rings. The minimum atomic E-state index is 0.420. The molecule has 1 heteroatoms. The quantitative estimate of drug-likeness (QED) is 0.581. The normalized spacial score (nSPS) is 12.0. The Morgan fingerprint density at radius 3 is 2.22 bits per heavy atom. The van der Waals surface area contributed by atoms with E-state index in [-0.39, 0.29) is 0 Å². The molecule has 0 aromatic heterocycles. The third-order valence-corrected chi connectivity index (χ3v) is 1.26. The fourth-order valence-electron chi connectivity index (χ4n) is 0.724. The topological polar surface area (TPSA) is 20.2 Å². The van der Waals surface area contributed by atoms with Crippen molar-refractivity contribution >= 4 is 0 Å². The maximum Gasteiger partial charge on any atom is 0.0799 e. The van der Waals surface area contributed by atoms with Gasteiger partial charge in [0.25, 0.3) is 0 Å². The molecule has 0 aromatic rings. The second-order valence-electron chi connectivity index (χ2n) is 3.64. The van der Waals surface area contributed by atoms with E-state index in [0.717, 1.165) is 12.8 Å². The van der Waals surface area contributed by atoms with Crippen molar-refractivity contribution < 1.29 is 5.11 Å². The van der Waals surface area contributed by atoms with Gasteiger partial charge in [-0.2, -0.15) is 0 Å². The largest absolute Gasteiger partial charge is 0.390 e. The summed E-state index contributed by atoms with van der Waals surface area (Å²) in [5.41, 5.74) is 0.420. The van der Waals surface area contributed by atoms with E-state index in [9.17, 15) is 0 Å². The monoisotopic (exact) mass is 129 g/mol. The van der Waals surface area contributed by atoms with E-state index in [2.05, 4.69) is 20.8 Å². The molecule has 0 saturated heterocycles. The first-order valence-corrected chi connectivity index (χ1v) is 3.52. The van der Waals surface area contributed by atoms with E-state index in [4.69, 9.17) is 5.11 Å². The zero-order chi connectivity index (χ0) is 7.33. The molecular formula is C8H17O. The summed E-state index contributed by atoms with van der Waals surface area (Å²) in [6.45, 7) is 7.88. The van der Waals surface area contributed by atoms with Crippen LogP contribution in [0.3, 0.4) is 0 Å². The molecule has 0 amide bonds. The van der Waals surface area contributed by atoms with Crippen molar-refractivity contribution in [2.24, 2.45) is 5.41 Å². The van der Waals surface area contributed by atoms with Gasteiger partial charge in [-0.3, -0.25) is 0 Å². The van der Waals surface area contributed by atoms with Crippen molar-refractivity contribution in [2.45, 2.75) is 40.0 Å². The van der Waals surface area contributed by atoms with Crippen molar-refractivity contribution in [3.05, 3.63) is 6.61 Å². The summed E-state index contributed by atoms with van der Waals surface area (Å²) in [7, 11) is 0. The first-order valence-electron chi connectivity index (χ1n) is 3.52. The first-order chi connectivity index (χ1) is 4.06. The van der Waals surface area contributed by atoms with Crippen LogP contribution in [0.15, 0.2) is 0 Å². The Labute approximate surface area is 58.1 Å². The highest BCUT2D eigenvalue weighted by Gasteiger charge is 2.08. The number of aliphatic hydroxyl groups is 1. The van der Waals surface area contributed by atoms with E-state index in [1.54, 1.807) is 0 Å². The summed E-state index contributed by atoms with van der Waals surface area (Å²) in [5.74, 6) is 0. The number of hydrogen-bond acceptors (Lipinski definition) is 1. The fourth-order valence-corrected chi connectivity index (χ4v) is 0.724. The summed E-state index contributed by atoms with van der Waals surface area (Å²) in [6, 6.07) is 0. The standard InChI is InChI=1S/C8H17O/c1-8(2,3)6-4-5-7-9/h7,9H,4-6H2,1-3H3. The smallest absolute Gasteiger partial charge is 0.0799 e. The average Bonchev–Trinajstić information content (AvgIpc) is 1.63. The van der Waals surface area contributed by atoms with E-state index in [0.29, 0.717) is 5.41 Å². The Morgan fingerprint density at radius 2 is 1.89 bits per heavy atom. The van der Waals surface area contributed by atoms with Gasteiger partial charge in [0.1, 0.15) is 0 Å². The van der Waals surface area contributed by atoms with Crippen LogP contribution in [-0.2, 0) is 0 Å². The van der Waals surface area contributed by atoms with Gasteiger partial charge in [-0.1, -0.05) is 27.2 Å². The van der Waals surface area contributed by atoms with E-state index in [1.165, 1.54) is 13.0 Å². The van der Waals surface area contributed by atoms with Crippen LogP contribution in [0.4, 0.5) is 0 Å². The molecule has 0 spiro atoms. The number of rotatable bonds is 3. The minimum absolute atomic E-state index is 0.420. The van der Waals surface area contributed by atoms with Crippen LogP contribution in [0.25, 0.3) is 0 Å². The predicted octanol–water partition coefficient (Wildman–Crippen LogP) is 2.74. The SMILES string of the molecule is CC(C)(C)CCC[CH]O. The lowest BCUT2D eigenvalue weighted by atomic mass is 9.90. The Morgan fingerprint density at radius 1 is 1.33 bits per heavy atom. The summed E-state index contributed by atoms with van der Waals surface area (Å²) in [6.07, 6.45) is 3.11. The molecule has 0 bridgehead atoms. The summed E-state index contributed by atoms with van der Waals surface area (Å²) >= 11 is 0. The Hall–Kier alpha value is -0.0400. The van der Waals surface area contributed by atoms with Gasteiger partial charge in [0, 0.05) is 0 Å². The zero-order valence-corrected chi connectivity index (χ0v) is 6.65. The van der Waals surface area contributed by atoms with Gasteiger partial charge in [0.05, 0.1) is 6.61 Å². The lowest BCUT2D eigenvalue weighted by molar-refractivity contribution is 0.328. The highest BCUT2D eigenvalue weighted by Crippen LogP contribution is 2.21. The highest BCUT2D eigenvalue weighted by molar-refractivity contribution is 4.62. The summed E-state index contributed by atoms with van der Waals surface area (Å²) in [4.78, 5) is 0. The van der Waals surface area contributed by atoms with Crippen LogP contribution in [0.2, 0.25) is 0 Å². The second-order valence-corrected chi connectivity index (χ2v) is 3.64.